The van der Waals surface area contributed by atoms with Gasteiger partial charge in [0.15, 0.2) is 0 Å². The van der Waals surface area contributed by atoms with Gasteiger partial charge < -0.3 is 4.90 Å². The Bertz CT molecular complexity index is 824. The third-order valence-corrected chi connectivity index (χ3v) is 5.85. The topological polar surface area (TPSA) is 75.4 Å². The van der Waals surface area contributed by atoms with E-state index in [-0.39, 0.29) is 10.6 Å². The van der Waals surface area contributed by atoms with Gasteiger partial charge in [-0.2, -0.15) is 0 Å². The molecule has 7 heteroatoms. The molecule has 2 atom stereocenters. The molecule has 0 N–H and O–H groups in total. The number of nitro groups is 1. The van der Waals surface area contributed by atoms with Crippen molar-refractivity contribution >= 4 is 11.5 Å². The maximum atomic E-state index is 10.8. The number of rotatable bonds is 5. The highest BCUT2D eigenvalue weighted by atomic mass is 16.6. The first-order valence-corrected chi connectivity index (χ1v) is 9.23. The summed E-state index contributed by atoms with van der Waals surface area (Å²) in [5, 5.41) is 10.8. The predicted octanol–water partition coefficient (Wildman–Crippen LogP) is 2.73. The molecule has 1 aromatic carbocycles. The van der Waals surface area contributed by atoms with Crippen LogP contribution in [0.25, 0.3) is 0 Å². The molecule has 0 amide bonds. The van der Waals surface area contributed by atoms with Crippen molar-refractivity contribution in [2.45, 2.75) is 43.8 Å². The molecular weight excluding hydrogens is 330 g/mol. The molecule has 0 spiro atoms. The van der Waals surface area contributed by atoms with Crippen LogP contribution < -0.4 is 4.90 Å². The standard InChI is InChI=1S/C19H21N5O2/c25-24(26)15-5-1-13(2-6-15)9-23-16-7-17(23)11-22(10-16)19-8-18(14-3-4-14)20-12-21-19/h1-2,5-6,8,12,14,16-17H,3-4,7,9-11H2. The first-order valence-electron chi connectivity index (χ1n) is 9.23. The molecule has 1 aliphatic carbocycles. The molecule has 4 heterocycles. The molecule has 7 nitrogen and oxygen atoms in total. The summed E-state index contributed by atoms with van der Waals surface area (Å²) in [5.41, 5.74) is 2.48. The second-order valence-corrected chi connectivity index (χ2v) is 7.62. The van der Waals surface area contributed by atoms with Gasteiger partial charge in [-0.3, -0.25) is 15.0 Å². The number of benzene rings is 1. The number of nitro benzene ring substituents is 1. The van der Waals surface area contributed by atoms with E-state index < -0.39 is 0 Å². The summed E-state index contributed by atoms with van der Waals surface area (Å²) in [6, 6.07) is 10.2. The molecular formula is C19H21N5O2. The number of piperidine rings is 1. The molecule has 2 aromatic rings. The van der Waals surface area contributed by atoms with Crippen LogP contribution in [-0.4, -0.2) is 45.0 Å². The highest BCUT2D eigenvalue weighted by Gasteiger charge is 2.44. The Labute approximate surface area is 151 Å². The minimum Gasteiger partial charge on any atom is -0.353 e. The number of hydrogen-bond acceptors (Lipinski definition) is 6. The summed E-state index contributed by atoms with van der Waals surface area (Å²) in [6.07, 6.45) is 5.44. The smallest absolute Gasteiger partial charge is 0.269 e. The van der Waals surface area contributed by atoms with Gasteiger partial charge in [-0.1, -0.05) is 12.1 Å². The first kappa shape index (κ1) is 15.7. The van der Waals surface area contributed by atoms with E-state index in [0.29, 0.717) is 18.0 Å². The average molecular weight is 351 g/mol. The molecule has 2 bridgehead atoms. The molecule has 0 radical (unpaired) electrons. The van der Waals surface area contributed by atoms with Crippen LogP contribution in [0, 0.1) is 10.1 Å². The summed E-state index contributed by atoms with van der Waals surface area (Å²) in [5.74, 6) is 1.71. The summed E-state index contributed by atoms with van der Waals surface area (Å²) in [4.78, 5) is 24.3. The summed E-state index contributed by atoms with van der Waals surface area (Å²) in [7, 11) is 0. The van der Waals surface area contributed by atoms with Crippen molar-refractivity contribution in [1.29, 1.82) is 0 Å². The molecule has 3 saturated heterocycles. The van der Waals surface area contributed by atoms with Gasteiger partial charge in [-0.05, 0) is 24.8 Å². The fraction of sp³-hybridized carbons (Fsp3) is 0.474. The first-order chi connectivity index (χ1) is 12.7. The third-order valence-electron chi connectivity index (χ3n) is 5.85. The van der Waals surface area contributed by atoms with Crippen LogP contribution in [0.5, 0.6) is 0 Å². The van der Waals surface area contributed by atoms with Crippen LogP contribution in [0.1, 0.15) is 36.4 Å². The van der Waals surface area contributed by atoms with Gasteiger partial charge in [0, 0.05) is 61.5 Å². The fourth-order valence-electron chi connectivity index (χ4n) is 4.20. The van der Waals surface area contributed by atoms with E-state index in [1.54, 1.807) is 18.5 Å². The van der Waals surface area contributed by atoms with E-state index >= 15 is 0 Å². The molecule has 2 unspecified atom stereocenters. The van der Waals surface area contributed by atoms with Gasteiger partial charge in [0.25, 0.3) is 5.69 Å². The maximum absolute atomic E-state index is 10.8. The monoisotopic (exact) mass is 351 g/mol. The lowest BCUT2D eigenvalue weighted by atomic mass is 9.86. The Balaban J connectivity index is 1.24. The van der Waals surface area contributed by atoms with Gasteiger partial charge in [-0.25, -0.2) is 9.97 Å². The van der Waals surface area contributed by atoms with E-state index in [1.165, 1.54) is 25.0 Å². The van der Waals surface area contributed by atoms with Crippen molar-refractivity contribution < 1.29 is 4.92 Å². The Hall–Kier alpha value is -2.54. The summed E-state index contributed by atoms with van der Waals surface area (Å²) < 4.78 is 0. The van der Waals surface area contributed by atoms with Crippen LogP contribution in [-0.2, 0) is 6.54 Å². The minimum atomic E-state index is -0.350. The lowest BCUT2D eigenvalue weighted by Crippen LogP contribution is -2.68. The molecule has 1 saturated carbocycles. The normalized spacial score (nSPS) is 25.0. The van der Waals surface area contributed by atoms with Crippen molar-refractivity contribution in [3.63, 3.8) is 0 Å². The zero-order valence-corrected chi connectivity index (χ0v) is 14.5. The lowest BCUT2D eigenvalue weighted by Gasteiger charge is -2.56. The van der Waals surface area contributed by atoms with Crippen LogP contribution in [0.2, 0.25) is 0 Å². The molecule has 6 rings (SSSR count). The van der Waals surface area contributed by atoms with Crippen molar-refractivity contribution in [2.75, 3.05) is 18.0 Å². The summed E-state index contributed by atoms with van der Waals surface area (Å²) in [6.45, 7) is 2.84. The highest BCUT2D eigenvalue weighted by Crippen LogP contribution is 2.40. The number of hydrogen-bond donors (Lipinski definition) is 0. The number of fused-ring (bicyclic) bond motifs is 2. The second-order valence-electron chi connectivity index (χ2n) is 7.62. The van der Waals surface area contributed by atoms with Crippen LogP contribution in [0.3, 0.4) is 0 Å². The Morgan fingerprint density at radius 3 is 2.50 bits per heavy atom. The molecule has 134 valence electrons. The van der Waals surface area contributed by atoms with E-state index in [0.717, 1.165) is 31.0 Å². The van der Waals surface area contributed by atoms with Gasteiger partial charge in [0.05, 0.1) is 4.92 Å². The second kappa shape index (κ2) is 6.02. The lowest BCUT2D eigenvalue weighted by molar-refractivity contribution is -0.384. The molecule has 4 fully saturated rings. The zero-order valence-electron chi connectivity index (χ0n) is 14.5. The van der Waals surface area contributed by atoms with Crippen molar-refractivity contribution in [2.24, 2.45) is 0 Å². The van der Waals surface area contributed by atoms with E-state index in [4.69, 9.17) is 0 Å². The molecule has 1 aromatic heterocycles. The number of anilines is 1. The quantitative estimate of drug-likeness (QED) is 0.609. The number of non-ortho nitro benzene ring substituents is 1. The van der Waals surface area contributed by atoms with Crippen molar-refractivity contribution in [3.05, 3.63) is 58.0 Å². The Morgan fingerprint density at radius 2 is 1.85 bits per heavy atom. The Kier molecular flexibility index (Phi) is 3.63. The van der Waals surface area contributed by atoms with Crippen LogP contribution in [0.15, 0.2) is 36.7 Å². The van der Waals surface area contributed by atoms with E-state index in [1.807, 2.05) is 12.1 Å². The van der Waals surface area contributed by atoms with Crippen LogP contribution in [0.4, 0.5) is 11.5 Å². The highest BCUT2D eigenvalue weighted by molar-refractivity contribution is 5.43. The Morgan fingerprint density at radius 1 is 1.12 bits per heavy atom. The number of piperazine rings is 1. The zero-order chi connectivity index (χ0) is 17.7. The van der Waals surface area contributed by atoms with E-state index in [9.17, 15) is 10.1 Å². The summed E-state index contributed by atoms with van der Waals surface area (Å²) >= 11 is 0. The largest absolute Gasteiger partial charge is 0.353 e. The predicted molar refractivity (Wildman–Crippen MR) is 97.1 cm³/mol. The third kappa shape index (κ3) is 2.82. The minimum absolute atomic E-state index is 0.152. The number of aromatic nitrogens is 2. The van der Waals surface area contributed by atoms with Gasteiger partial charge in [0.2, 0.25) is 0 Å². The molecule has 26 heavy (non-hydrogen) atoms. The van der Waals surface area contributed by atoms with Crippen LogP contribution >= 0.6 is 0 Å². The SMILES string of the molecule is O=[N+]([O-])c1ccc(CN2C3CC2CN(c2cc(C4CC4)ncn2)C3)cc1. The van der Waals surface area contributed by atoms with E-state index in [2.05, 4.69) is 25.8 Å². The number of nitrogens with zero attached hydrogens (tertiary/aromatic N) is 5. The van der Waals surface area contributed by atoms with Crippen molar-refractivity contribution in [3.8, 4) is 0 Å². The maximum Gasteiger partial charge on any atom is 0.269 e. The van der Waals surface area contributed by atoms with Gasteiger partial charge >= 0.3 is 0 Å². The molecule has 4 aliphatic rings. The van der Waals surface area contributed by atoms with Gasteiger partial charge in [0.1, 0.15) is 12.1 Å². The average Bonchev–Trinajstić information content (AvgIpc) is 3.52. The molecule has 3 aliphatic heterocycles. The van der Waals surface area contributed by atoms with Crippen molar-refractivity contribution in [1.82, 2.24) is 14.9 Å². The fourth-order valence-corrected chi connectivity index (χ4v) is 4.20. The van der Waals surface area contributed by atoms with Gasteiger partial charge in [-0.15, -0.1) is 0 Å².